The Labute approximate surface area is 126 Å². The largest absolute Gasteiger partial charge is 0.480 e. The van der Waals surface area contributed by atoms with Crippen molar-refractivity contribution < 1.29 is 18.3 Å². The molecule has 1 aromatic rings. The van der Waals surface area contributed by atoms with E-state index in [1.54, 1.807) is 13.8 Å². The molecular formula is C15H23NO4S. The molecule has 5 nitrogen and oxygen atoms in total. The van der Waals surface area contributed by atoms with E-state index in [2.05, 4.69) is 4.72 Å². The van der Waals surface area contributed by atoms with Gasteiger partial charge in [0.2, 0.25) is 10.0 Å². The van der Waals surface area contributed by atoms with Crippen molar-refractivity contribution in [3.63, 3.8) is 0 Å². The second-order valence-electron chi connectivity index (χ2n) is 5.99. The molecule has 0 unspecified atom stereocenters. The first-order chi connectivity index (χ1) is 9.33. The average Bonchev–Trinajstić information content (AvgIpc) is 2.32. The first-order valence-corrected chi connectivity index (χ1v) is 8.15. The molecule has 1 aromatic carbocycles. The van der Waals surface area contributed by atoms with Crippen molar-refractivity contribution >= 4 is 16.0 Å². The fraction of sp³-hybridized carbons (Fsp3) is 0.533. The highest BCUT2D eigenvalue weighted by atomic mass is 32.2. The maximum atomic E-state index is 12.6. The summed E-state index contributed by atoms with van der Waals surface area (Å²) in [5.41, 5.74) is 2.62. The number of hydrogen-bond acceptors (Lipinski definition) is 3. The zero-order valence-corrected chi connectivity index (χ0v) is 14.4. The number of carbonyl (C=O) groups is 1. The van der Waals surface area contributed by atoms with Gasteiger partial charge >= 0.3 is 5.97 Å². The lowest BCUT2D eigenvalue weighted by Crippen LogP contribution is -2.49. The Morgan fingerprint density at radius 3 is 1.57 bits per heavy atom. The Morgan fingerprint density at radius 1 is 0.905 bits per heavy atom. The second kappa shape index (κ2) is 5.42. The van der Waals surface area contributed by atoms with E-state index in [0.717, 1.165) is 16.7 Å². The van der Waals surface area contributed by atoms with E-state index in [-0.39, 0.29) is 4.90 Å². The molecule has 0 heterocycles. The van der Waals surface area contributed by atoms with E-state index >= 15 is 0 Å². The monoisotopic (exact) mass is 313 g/mol. The number of carboxylic acids is 1. The topological polar surface area (TPSA) is 83.5 Å². The van der Waals surface area contributed by atoms with E-state index in [4.69, 9.17) is 5.11 Å². The fourth-order valence-electron chi connectivity index (χ4n) is 2.30. The van der Waals surface area contributed by atoms with Gasteiger partial charge in [0.05, 0.1) is 4.90 Å². The molecule has 0 aliphatic rings. The van der Waals surface area contributed by atoms with Crippen LogP contribution < -0.4 is 4.72 Å². The van der Waals surface area contributed by atoms with Crippen LogP contribution in [0.1, 0.15) is 41.7 Å². The minimum Gasteiger partial charge on any atom is -0.480 e. The fourth-order valence-corrected chi connectivity index (χ4v) is 4.27. The van der Waals surface area contributed by atoms with Crippen LogP contribution in [-0.4, -0.2) is 25.0 Å². The zero-order valence-electron chi connectivity index (χ0n) is 13.6. The zero-order chi connectivity index (χ0) is 16.7. The number of benzene rings is 1. The van der Waals surface area contributed by atoms with Crippen molar-refractivity contribution in [3.8, 4) is 0 Å². The van der Waals surface area contributed by atoms with Crippen molar-refractivity contribution in [1.82, 2.24) is 4.72 Å². The molecule has 0 aliphatic heterocycles. The molecule has 0 bridgehead atoms. The summed E-state index contributed by atoms with van der Waals surface area (Å²) in [7, 11) is -3.92. The lowest BCUT2D eigenvalue weighted by atomic mass is 9.95. The summed E-state index contributed by atoms with van der Waals surface area (Å²) in [6.07, 6.45) is 0. The predicted molar refractivity (Wildman–Crippen MR) is 82.2 cm³/mol. The van der Waals surface area contributed by atoms with Crippen molar-refractivity contribution in [2.75, 3.05) is 0 Å². The molecule has 1 rings (SSSR count). The molecule has 0 aromatic heterocycles. The Kier molecular flexibility index (Phi) is 4.56. The highest BCUT2D eigenvalue weighted by Gasteiger charge is 2.35. The van der Waals surface area contributed by atoms with Gasteiger partial charge in [-0.3, -0.25) is 4.79 Å². The van der Waals surface area contributed by atoms with Gasteiger partial charge in [-0.2, -0.15) is 4.72 Å². The van der Waals surface area contributed by atoms with Crippen LogP contribution in [-0.2, 0) is 14.8 Å². The van der Waals surface area contributed by atoms with Gasteiger partial charge in [-0.25, -0.2) is 8.42 Å². The Morgan fingerprint density at radius 2 is 1.24 bits per heavy atom. The van der Waals surface area contributed by atoms with Gasteiger partial charge in [0, 0.05) is 0 Å². The second-order valence-corrected chi connectivity index (χ2v) is 7.61. The summed E-state index contributed by atoms with van der Waals surface area (Å²) in [5.74, 6) is -1.22. The van der Waals surface area contributed by atoms with Crippen LogP contribution in [0.2, 0.25) is 0 Å². The molecule has 0 radical (unpaired) electrons. The first-order valence-electron chi connectivity index (χ1n) is 6.67. The molecule has 21 heavy (non-hydrogen) atoms. The first kappa shape index (κ1) is 17.7. The number of sulfonamides is 1. The van der Waals surface area contributed by atoms with E-state index in [1.165, 1.54) is 13.8 Å². The van der Waals surface area contributed by atoms with E-state index in [9.17, 15) is 13.2 Å². The van der Waals surface area contributed by atoms with Gasteiger partial charge in [0.15, 0.2) is 0 Å². The Hall–Kier alpha value is -1.40. The summed E-state index contributed by atoms with van der Waals surface area (Å²) in [5, 5.41) is 9.12. The molecule has 0 fully saturated rings. The number of rotatable bonds is 4. The average molecular weight is 313 g/mol. The van der Waals surface area contributed by atoms with Crippen molar-refractivity contribution in [2.45, 2.75) is 58.9 Å². The van der Waals surface area contributed by atoms with Crippen LogP contribution in [0.4, 0.5) is 0 Å². The minimum absolute atomic E-state index is 0.178. The molecule has 0 aliphatic carbocycles. The van der Waals surface area contributed by atoms with Gasteiger partial charge < -0.3 is 5.11 Å². The van der Waals surface area contributed by atoms with E-state index in [0.29, 0.717) is 11.1 Å². The Bertz CT molecular complexity index is 674. The maximum Gasteiger partial charge on any atom is 0.324 e. The number of carboxylic acid groups (broad SMARTS) is 1. The van der Waals surface area contributed by atoms with Crippen molar-refractivity contribution in [3.05, 3.63) is 27.8 Å². The van der Waals surface area contributed by atoms with Crippen LogP contribution in [0, 0.1) is 34.6 Å². The summed E-state index contributed by atoms with van der Waals surface area (Å²) in [6.45, 7) is 11.8. The summed E-state index contributed by atoms with van der Waals surface area (Å²) in [4.78, 5) is 11.3. The van der Waals surface area contributed by atoms with Crippen LogP contribution in [0.3, 0.4) is 0 Å². The van der Waals surface area contributed by atoms with Gasteiger partial charge in [-0.15, -0.1) is 0 Å². The number of nitrogens with one attached hydrogen (secondary N) is 1. The normalized spacial score (nSPS) is 12.5. The molecular weight excluding hydrogens is 290 g/mol. The molecule has 0 saturated heterocycles. The highest BCUT2D eigenvalue weighted by Crippen LogP contribution is 2.30. The summed E-state index contributed by atoms with van der Waals surface area (Å²) < 4.78 is 27.5. The summed E-state index contributed by atoms with van der Waals surface area (Å²) >= 11 is 0. The minimum atomic E-state index is -3.92. The third-order valence-electron chi connectivity index (χ3n) is 4.12. The van der Waals surface area contributed by atoms with Crippen molar-refractivity contribution in [2.24, 2.45) is 0 Å². The van der Waals surface area contributed by atoms with Crippen LogP contribution >= 0.6 is 0 Å². The predicted octanol–water partition coefficient (Wildman–Crippen LogP) is 2.37. The standard InChI is InChI=1S/C15H23NO4S/c1-8-9(2)11(4)13(12(5)10(8)3)21(19,20)16-15(6,7)14(17)18/h16H,1-7H3,(H,17,18). The molecule has 0 saturated carbocycles. The molecule has 6 heteroatoms. The molecule has 2 N–H and O–H groups in total. The van der Waals surface area contributed by atoms with Crippen LogP contribution in [0.15, 0.2) is 4.90 Å². The SMILES string of the molecule is Cc1c(C)c(C)c(S(=O)(=O)NC(C)(C)C(=O)O)c(C)c1C. The number of aliphatic carboxylic acids is 1. The lowest BCUT2D eigenvalue weighted by Gasteiger charge is -2.24. The molecule has 0 spiro atoms. The van der Waals surface area contributed by atoms with Gasteiger partial charge in [0.25, 0.3) is 0 Å². The van der Waals surface area contributed by atoms with Gasteiger partial charge in [-0.1, -0.05) is 0 Å². The smallest absolute Gasteiger partial charge is 0.324 e. The van der Waals surface area contributed by atoms with Crippen molar-refractivity contribution in [1.29, 1.82) is 0 Å². The maximum absolute atomic E-state index is 12.6. The molecule has 118 valence electrons. The number of hydrogen-bond donors (Lipinski definition) is 2. The molecule has 0 amide bonds. The molecule has 0 atom stereocenters. The van der Waals surface area contributed by atoms with Crippen LogP contribution in [0.25, 0.3) is 0 Å². The van der Waals surface area contributed by atoms with Gasteiger partial charge in [-0.05, 0) is 76.3 Å². The Balaban J connectivity index is 3.58. The van der Waals surface area contributed by atoms with E-state index in [1.807, 2.05) is 20.8 Å². The lowest BCUT2D eigenvalue weighted by molar-refractivity contribution is -0.142. The quantitative estimate of drug-likeness (QED) is 0.894. The van der Waals surface area contributed by atoms with Crippen LogP contribution in [0.5, 0.6) is 0 Å². The third-order valence-corrected chi connectivity index (χ3v) is 6.05. The highest BCUT2D eigenvalue weighted by molar-refractivity contribution is 7.89. The van der Waals surface area contributed by atoms with E-state index < -0.39 is 21.5 Å². The van der Waals surface area contributed by atoms with Gasteiger partial charge in [0.1, 0.15) is 5.54 Å². The summed E-state index contributed by atoms with van der Waals surface area (Å²) in [6, 6.07) is 0. The third kappa shape index (κ3) is 3.11.